The van der Waals surface area contributed by atoms with Crippen LogP contribution in [0, 0.1) is 13.8 Å². The zero-order chi connectivity index (χ0) is 24.0. The molecular formula is C28H18N8. The minimum absolute atomic E-state index is 0.807. The monoisotopic (exact) mass is 466 g/mol. The third kappa shape index (κ3) is 2.52. The molecule has 4 heterocycles. The van der Waals surface area contributed by atoms with Gasteiger partial charge in [0.05, 0.1) is 34.5 Å². The maximum Gasteiger partial charge on any atom is 0.117 e. The molecule has 8 aromatic rings. The van der Waals surface area contributed by atoms with Gasteiger partial charge in [0.1, 0.15) is 22.7 Å². The molecule has 0 saturated carbocycles. The average molecular weight is 467 g/mol. The van der Waals surface area contributed by atoms with Crippen LogP contribution in [-0.4, -0.2) is 40.1 Å². The van der Waals surface area contributed by atoms with E-state index >= 15 is 0 Å². The number of imidazole rings is 2. The number of aromatic nitrogens is 8. The van der Waals surface area contributed by atoms with E-state index in [-0.39, 0.29) is 0 Å². The van der Waals surface area contributed by atoms with Crippen molar-refractivity contribution >= 4 is 65.4 Å². The first-order chi connectivity index (χ1) is 17.7. The molecular weight excluding hydrogens is 448 g/mol. The highest BCUT2D eigenvalue weighted by molar-refractivity contribution is 6.24. The molecule has 4 aromatic heterocycles. The van der Waals surface area contributed by atoms with Crippen molar-refractivity contribution in [1.82, 2.24) is 40.1 Å². The number of fused-ring (bicyclic) bond motifs is 12. The lowest BCUT2D eigenvalue weighted by molar-refractivity contribution is 1.05. The summed E-state index contributed by atoms with van der Waals surface area (Å²) in [5.41, 5.74) is 7.65. The van der Waals surface area contributed by atoms with Gasteiger partial charge in [-0.2, -0.15) is 10.2 Å². The molecule has 8 nitrogen and oxygen atoms in total. The van der Waals surface area contributed by atoms with Crippen LogP contribution < -0.4 is 0 Å². The molecule has 0 atom stereocenters. The Bertz CT molecular complexity index is 2030. The van der Waals surface area contributed by atoms with Gasteiger partial charge in [0, 0.05) is 39.3 Å². The van der Waals surface area contributed by atoms with Crippen molar-refractivity contribution in [3.63, 3.8) is 0 Å². The summed E-state index contributed by atoms with van der Waals surface area (Å²) in [6.07, 6.45) is 7.07. The zero-order valence-electron chi connectivity index (χ0n) is 19.5. The number of H-pyrrole nitrogens is 2. The van der Waals surface area contributed by atoms with Crippen LogP contribution in [0.1, 0.15) is 11.6 Å². The summed E-state index contributed by atoms with van der Waals surface area (Å²) in [6, 6.07) is 13.0. The molecule has 8 heteroatoms. The van der Waals surface area contributed by atoms with Crippen molar-refractivity contribution in [2.45, 2.75) is 13.8 Å². The molecule has 0 unspecified atom stereocenters. The molecule has 0 radical (unpaired) electrons. The van der Waals surface area contributed by atoms with Crippen LogP contribution in [0.3, 0.4) is 0 Å². The highest BCUT2D eigenvalue weighted by Crippen LogP contribution is 2.38. The topological polar surface area (TPSA) is 109 Å². The fraction of sp³-hybridized carbons (Fsp3) is 0.0714. The van der Waals surface area contributed by atoms with Crippen LogP contribution in [0.2, 0.25) is 0 Å². The number of hydrogen-bond donors (Lipinski definition) is 2. The first kappa shape index (κ1) is 19.3. The van der Waals surface area contributed by atoms with E-state index in [9.17, 15) is 0 Å². The zero-order valence-corrected chi connectivity index (χ0v) is 19.5. The standard InChI is InChI=1S/C28H18N8/c1-13-33-24-17-5-3-15(9-19(17)21-11-31-32-12-22(21)26(24)35-13)16-4-6-18-20(10-16)23-27(30-8-7-29-23)28-25(18)34-14(2)36-28/h3-12H,1-2H3,(H,33,35)(H,34,36). The quantitative estimate of drug-likeness (QED) is 0.291. The smallest absolute Gasteiger partial charge is 0.117 e. The number of aryl methyl sites for hydroxylation is 2. The predicted molar refractivity (Wildman–Crippen MR) is 142 cm³/mol. The Balaban J connectivity index is 1.45. The van der Waals surface area contributed by atoms with Crippen LogP contribution in [0.15, 0.2) is 61.2 Å². The van der Waals surface area contributed by atoms with Crippen molar-refractivity contribution in [3.8, 4) is 11.1 Å². The molecule has 8 rings (SSSR count). The molecule has 0 bridgehead atoms. The van der Waals surface area contributed by atoms with E-state index in [0.717, 1.165) is 88.2 Å². The maximum atomic E-state index is 4.72. The maximum absolute atomic E-state index is 4.72. The molecule has 0 fully saturated rings. The second-order valence-electron chi connectivity index (χ2n) is 9.18. The Morgan fingerprint density at radius 2 is 1.11 bits per heavy atom. The normalized spacial score (nSPS) is 12.2. The van der Waals surface area contributed by atoms with E-state index < -0.39 is 0 Å². The lowest BCUT2D eigenvalue weighted by Crippen LogP contribution is -1.89. The van der Waals surface area contributed by atoms with Crippen LogP contribution >= 0.6 is 0 Å². The first-order valence-corrected chi connectivity index (χ1v) is 11.7. The molecule has 0 aliphatic heterocycles. The number of nitrogens with one attached hydrogen (secondary N) is 2. The molecule has 0 aliphatic carbocycles. The van der Waals surface area contributed by atoms with Gasteiger partial charge in [0.25, 0.3) is 0 Å². The SMILES string of the molecule is Cc1nc2c3cnncc3c3cc(-c4ccc5c(c4)c4nccnc4c4nc(C)[nH]c54)ccc3c2[nH]1. The summed E-state index contributed by atoms with van der Waals surface area (Å²) in [4.78, 5) is 25.6. The van der Waals surface area contributed by atoms with Gasteiger partial charge in [-0.25, -0.2) is 9.97 Å². The van der Waals surface area contributed by atoms with Gasteiger partial charge in [-0.3, -0.25) is 9.97 Å². The van der Waals surface area contributed by atoms with E-state index in [1.807, 2.05) is 20.0 Å². The van der Waals surface area contributed by atoms with E-state index in [1.54, 1.807) is 18.6 Å². The summed E-state index contributed by atoms with van der Waals surface area (Å²) in [6.45, 7) is 3.94. The third-order valence-corrected chi connectivity index (χ3v) is 7.01. The van der Waals surface area contributed by atoms with Crippen molar-refractivity contribution in [1.29, 1.82) is 0 Å². The van der Waals surface area contributed by atoms with Crippen LogP contribution in [0.4, 0.5) is 0 Å². The van der Waals surface area contributed by atoms with Crippen molar-refractivity contribution in [2.75, 3.05) is 0 Å². The van der Waals surface area contributed by atoms with Crippen molar-refractivity contribution in [3.05, 3.63) is 72.8 Å². The predicted octanol–water partition coefficient (Wildman–Crippen LogP) is 5.92. The molecule has 0 amide bonds. The number of aromatic amines is 2. The number of hydrogen-bond acceptors (Lipinski definition) is 6. The van der Waals surface area contributed by atoms with Crippen LogP contribution in [-0.2, 0) is 0 Å². The Kier molecular flexibility index (Phi) is 3.65. The fourth-order valence-electron chi connectivity index (χ4n) is 5.47. The minimum atomic E-state index is 0.807. The summed E-state index contributed by atoms with van der Waals surface area (Å²) in [7, 11) is 0. The van der Waals surface area contributed by atoms with E-state index in [4.69, 9.17) is 4.98 Å². The summed E-state index contributed by atoms with van der Waals surface area (Å²) in [5.74, 6) is 1.74. The highest BCUT2D eigenvalue weighted by atomic mass is 15.1. The lowest BCUT2D eigenvalue weighted by Gasteiger charge is -2.10. The van der Waals surface area contributed by atoms with Crippen LogP contribution in [0.25, 0.3) is 76.5 Å². The van der Waals surface area contributed by atoms with Gasteiger partial charge in [-0.15, -0.1) is 0 Å². The van der Waals surface area contributed by atoms with E-state index in [2.05, 4.69) is 71.5 Å². The Labute approximate surface area is 203 Å². The fourth-order valence-corrected chi connectivity index (χ4v) is 5.47. The number of nitrogens with zero attached hydrogens (tertiary/aromatic N) is 6. The molecule has 0 spiro atoms. The highest BCUT2D eigenvalue weighted by Gasteiger charge is 2.16. The first-order valence-electron chi connectivity index (χ1n) is 11.7. The van der Waals surface area contributed by atoms with Crippen molar-refractivity contribution < 1.29 is 0 Å². The van der Waals surface area contributed by atoms with Gasteiger partial charge in [-0.05, 0) is 42.5 Å². The summed E-state index contributed by atoms with van der Waals surface area (Å²) in [5, 5.41) is 14.7. The van der Waals surface area contributed by atoms with Crippen molar-refractivity contribution in [2.24, 2.45) is 0 Å². The number of rotatable bonds is 1. The average Bonchev–Trinajstić information content (AvgIpc) is 3.51. The third-order valence-electron chi connectivity index (χ3n) is 7.01. The largest absolute Gasteiger partial charge is 0.342 e. The van der Waals surface area contributed by atoms with Crippen LogP contribution in [0.5, 0.6) is 0 Å². The Morgan fingerprint density at radius 3 is 1.86 bits per heavy atom. The molecule has 0 saturated heterocycles. The summed E-state index contributed by atoms with van der Waals surface area (Å²) >= 11 is 0. The molecule has 0 aliphatic rings. The molecule has 36 heavy (non-hydrogen) atoms. The van der Waals surface area contributed by atoms with E-state index in [0.29, 0.717) is 0 Å². The molecule has 2 N–H and O–H groups in total. The van der Waals surface area contributed by atoms with Gasteiger partial charge in [0.2, 0.25) is 0 Å². The Morgan fingerprint density at radius 1 is 0.528 bits per heavy atom. The van der Waals surface area contributed by atoms with Gasteiger partial charge in [0.15, 0.2) is 0 Å². The van der Waals surface area contributed by atoms with Gasteiger partial charge >= 0.3 is 0 Å². The van der Waals surface area contributed by atoms with E-state index in [1.165, 1.54) is 0 Å². The van der Waals surface area contributed by atoms with Gasteiger partial charge < -0.3 is 9.97 Å². The molecule has 170 valence electrons. The summed E-state index contributed by atoms with van der Waals surface area (Å²) < 4.78 is 0. The second kappa shape index (κ2) is 6.79. The lowest BCUT2D eigenvalue weighted by atomic mass is 9.95. The Hall–Kier alpha value is -4.98. The number of benzene rings is 4. The van der Waals surface area contributed by atoms with Gasteiger partial charge in [-0.1, -0.05) is 24.3 Å². The molecule has 4 aromatic carbocycles. The minimum Gasteiger partial charge on any atom is -0.342 e. The second-order valence-corrected chi connectivity index (χ2v) is 9.18.